The SMILES string of the molecule is CN(CCC1CCCCC1)CCC(C)(C)C(=O)O. The lowest BCUT2D eigenvalue weighted by Crippen LogP contribution is -2.31. The molecule has 3 nitrogen and oxygen atoms in total. The molecule has 18 heavy (non-hydrogen) atoms. The van der Waals surface area contributed by atoms with Gasteiger partial charge in [-0.2, -0.15) is 0 Å². The zero-order valence-electron chi connectivity index (χ0n) is 12.2. The first-order chi connectivity index (χ1) is 8.42. The second-order valence-electron chi connectivity index (χ2n) is 6.54. The number of carboxylic acid groups (broad SMARTS) is 1. The summed E-state index contributed by atoms with van der Waals surface area (Å²) in [5.41, 5.74) is -0.598. The van der Waals surface area contributed by atoms with E-state index in [9.17, 15) is 4.79 Å². The molecule has 0 aromatic rings. The van der Waals surface area contributed by atoms with Gasteiger partial charge in [0.15, 0.2) is 0 Å². The van der Waals surface area contributed by atoms with Crippen molar-refractivity contribution in [1.29, 1.82) is 0 Å². The average Bonchev–Trinajstić information content (AvgIpc) is 2.35. The van der Waals surface area contributed by atoms with Crippen molar-refractivity contribution >= 4 is 5.97 Å². The van der Waals surface area contributed by atoms with Crippen molar-refractivity contribution in [2.75, 3.05) is 20.1 Å². The number of nitrogens with zero attached hydrogens (tertiary/aromatic N) is 1. The Labute approximate surface area is 112 Å². The van der Waals surface area contributed by atoms with Crippen LogP contribution in [0.5, 0.6) is 0 Å². The summed E-state index contributed by atoms with van der Waals surface area (Å²) in [5, 5.41) is 9.07. The lowest BCUT2D eigenvalue weighted by Gasteiger charge is -2.26. The van der Waals surface area contributed by atoms with Crippen LogP contribution in [-0.2, 0) is 4.79 Å². The van der Waals surface area contributed by atoms with E-state index in [4.69, 9.17) is 5.11 Å². The lowest BCUT2D eigenvalue weighted by molar-refractivity contribution is -0.147. The Bertz CT molecular complexity index is 257. The van der Waals surface area contributed by atoms with Gasteiger partial charge in [-0.15, -0.1) is 0 Å². The zero-order chi connectivity index (χ0) is 13.6. The van der Waals surface area contributed by atoms with E-state index in [1.165, 1.54) is 38.5 Å². The number of carbonyl (C=O) groups is 1. The third kappa shape index (κ3) is 5.38. The van der Waals surface area contributed by atoms with E-state index in [-0.39, 0.29) is 0 Å². The summed E-state index contributed by atoms with van der Waals surface area (Å²) in [6, 6.07) is 0. The summed E-state index contributed by atoms with van der Waals surface area (Å²) in [6.07, 6.45) is 9.02. The number of hydrogen-bond acceptors (Lipinski definition) is 2. The highest BCUT2D eigenvalue weighted by Crippen LogP contribution is 2.26. The Morgan fingerprint density at radius 2 is 1.83 bits per heavy atom. The van der Waals surface area contributed by atoms with Gasteiger partial charge < -0.3 is 10.0 Å². The summed E-state index contributed by atoms with van der Waals surface area (Å²) in [5.74, 6) is 0.219. The summed E-state index contributed by atoms with van der Waals surface area (Å²) in [6.45, 7) is 5.61. The Balaban J connectivity index is 2.17. The molecule has 0 heterocycles. The molecule has 1 rings (SSSR count). The van der Waals surface area contributed by atoms with Crippen LogP contribution in [-0.4, -0.2) is 36.1 Å². The summed E-state index contributed by atoms with van der Waals surface area (Å²) < 4.78 is 0. The molecule has 106 valence electrons. The second kappa shape index (κ2) is 7.13. The number of aliphatic carboxylic acids is 1. The topological polar surface area (TPSA) is 40.5 Å². The molecule has 1 aliphatic carbocycles. The molecule has 0 atom stereocenters. The summed E-state index contributed by atoms with van der Waals surface area (Å²) in [7, 11) is 2.11. The van der Waals surface area contributed by atoms with Crippen molar-refractivity contribution < 1.29 is 9.90 Å². The Hall–Kier alpha value is -0.570. The lowest BCUT2D eigenvalue weighted by atomic mass is 9.86. The third-order valence-electron chi connectivity index (χ3n) is 4.34. The average molecular weight is 255 g/mol. The van der Waals surface area contributed by atoms with Gasteiger partial charge in [0.25, 0.3) is 0 Å². The summed E-state index contributed by atoms with van der Waals surface area (Å²) >= 11 is 0. The van der Waals surface area contributed by atoms with Gasteiger partial charge in [0, 0.05) is 0 Å². The third-order valence-corrected chi connectivity index (χ3v) is 4.34. The van der Waals surface area contributed by atoms with Crippen molar-refractivity contribution in [3.63, 3.8) is 0 Å². The van der Waals surface area contributed by atoms with Crippen molar-refractivity contribution in [1.82, 2.24) is 4.90 Å². The predicted octanol–water partition coefficient (Wildman–Crippen LogP) is 3.39. The molecular formula is C15H29NO2. The van der Waals surface area contributed by atoms with E-state index in [1.54, 1.807) is 0 Å². The second-order valence-corrected chi connectivity index (χ2v) is 6.54. The first kappa shape index (κ1) is 15.5. The van der Waals surface area contributed by atoms with E-state index < -0.39 is 11.4 Å². The highest BCUT2D eigenvalue weighted by atomic mass is 16.4. The van der Waals surface area contributed by atoms with Gasteiger partial charge in [-0.1, -0.05) is 32.1 Å². The predicted molar refractivity (Wildman–Crippen MR) is 74.7 cm³/mol. The van der Waals surface area contributed by atoms with Crippen LogP contribution in [0.15, 0.2) is 0 Å². The van der Waals surface area contributed by atoms with Crippen molar-refractivity contribution in [2.45, 2.75) is 58.8 Å². The van der Waals surface area contributed by atoms with Crippen LogP contribution >= 0.6 is 0 Å². The van der Waals surface area contributed by atoms with Gasteiger partial charge in [-0.05, 0) is 52.7 Å². The van der Waals surface area contributed by atoms with Gasteiger partial charge >= 0.3 is 5.97 Å². The molecule has 0 bridgehead atoms. The van der Waals surface area contributed by atoms with Crippen molar-refractivity contribution in [3.05, 3.63) is 0 Å². The fourth-order valence-electron chi connectivity index (χ4n) is 2.57. The molecule has 0 aromatic carbocycles. The van der Waals surface area contributed by atoms with Crippen molar-refractivity contribution in [3.8, 4) is 0 Å². The highest BCUT2D eigenvalue weighted by molar-refractivity contribution is 5.73. The van der Waals surface area contributed by atoms with Crippen LogP contribution in [0.25, 0.3) is 0 Å². The van der Waals surface area contributed by atoms with Gasteiger partial charge in [0.2, 0.25) is 0 Å². The molecule has 0 radical (unpaired) electrons. The number of hydrogen-bond donors (Lipinski definition) is 1. The molecule has 1 aliphatic rings. The molecule has 0 aromatic heterocycles. The van der Waals surface area contributed by atoms with Gasteiger partial charge in [0.05, 0.1) is 5.41 Å². The fraction of sp³-hybridized carbons (Fsp3) is 0.933. The van der Waals surface area contributed by atoms with E-state index in [0.29, 0.717) is 0 Å². The van der Waals surface area contributed by atoms with E-state index in [1.807, 2.05) is 13.8 Å². The minimum Gasteiger partial charge on any atom is -0.481 e. The molecule has 3 heteroatoms. The number of rotatable bonds is 7. The fourth-order valence-corrected chi connectivity index (χ4v) is 2.57. The maximum absolute atomic E-state index is 11.0. The normalized spacial score (nSPS) is 18.2. The molecule has 0 aliphatic heterocycles. The van der Waals surface area contributed by atoms with E-state index in [2.05, 4.69) is 11.9 Å². The highest BCUT2D eigenvalue weighted by Gasteiger charge is 2.27. The molecule has 0 amide bonds. The summed E-state index contributed by atoms with van der Waals surface area (Å²) in [4.78, 5) is 13.3. The van der Waals surface area contributed by atoms with Gasteiger partial charge in [0.1, 0.15) is 0 Å². The first-order valence-electron chi connectivity index (χ1n) is 7.34. The molecule has 0 saturated heterocycles. The maximum atomic E-state index is 11.0. The van der Waals surface area contributed by atoms with Crippen LogP contribution in [0.1, 0.15) is 58.8 Å². The molecule has 1 N–H and O–H groups in total. The molecule has 0 spiro atoms. The zero-order valence-corrected chi connectivity index (χ0v) is 12.2. The van der Waals surface area contributed by atoms with Crippen LogP contribution in [0.3, 0.4) is 0 Å². The van der Waals surface area contributed by atoms with Crippen LogP contribution < -0.4 is 0 Å². The molecule has 1 fully saturated rings. The van der Waals surface area contributed by atoms with E-state index >= 15 is 0 Å². The Kier molecular flexibility index (Phi) is 6.13. The molecule has 1 saturated carbocycles. The smallest absolute Gasteiger partial charge is 0.309 e. The maximum Gasteiger partial charge on any atom is 0.309 e. The largest absolute Gasteiger partial charge is 0.481 e. The van der Waals surface area contributed by atoms with Crippen LogP contribution in [0, 0.1) is 11.3 Å². The first-order valence-corrected chi connectivity index (χ1v) is 7.34. The minimum atomic E-state index is -0.691. The molecule has 0 unspecified atom stereocenters. The molecular weight excluding hydrogens is 226 g/mol. The quantitative estimate of drug-likeness (QED) is 0.758. The van der Waals surface area contributed by atoms with Crippen molar-refractivity contribution in [2.24, 2.45) is 11.3 Å². The minimum absolute atomic E-state index is 0.598. The van der Waals surface area contributed by atoms with Gasteiger partial charge in [-0.25, -0.2) is 0 Å². The Morgan fingerprint density at radius 3 is 2.39 bits per heavy atom. The van der Waals surface area contributed by atoms with E-state index in [0.717, 1.165) is 25.4 Å². The Morgan fingerprint density at radius 1 is 1.22 bits per heavy atom. The monoisotopic (exact) mass is 255 g/mol. The van der Waals surface area contributed by atoms with Gasteiger partial charge in [-0.3, -0.25) is 4.79 Å². The standard InChI is InChI=1S/C15H29NO2/c1-15(2,14(17)18)10-12-16(3)11-9-13-7-5-4-6-8-13/h13H,4-12H2,1-3H3,(H,17,18). The number of carboxylic acids is 1. The van der Waals surface area contributed by atoms with Crippen LogP contribution in [0.4, 0.5) is 0 Å². The van der Waals surface area contributed by atoms with Crippen LogP contribution in [0.2, 0.25) is 0 Å².